The van der Waals surface area contributed by atoms with E-state index in [0.29, 0.717) is 27.1 Å². The first-order valence-electron chi connectivity index (χ1n) is 9.84. The van der Waals surface area contributed by atoms with Gasteiger partial charge in [0.2, 0.25) is 0 Å². The van der Waals surface area contributed by atoms with Crippen molar-refractivity contribution in [2.24, 2.45) is 5.10 Å². The van der Waals surface area contributed by atoms with Crippen LogP contribution in [0.15, 0.2) is 71.8 Å². The third kappa shape index (κ3) is 6.34. The first kappa shape index (κ1) is 24.8. The second kappa shape index (κ2) is 11.3. The van der Waals surface area contributed by atoms with Crippen molar-refractivity contribution in [3.8, 4) is 11.5 Å². The summed E-state index contributed by atoms with van der Waals surface area (Å²) < 4.78 is 10.6. The molecule has 10 heteroatoms. The van der Waals surface area contributed by atoms with E-state index in [1.165, 1.54) is 19.2 Å². The average Bonchev–Trinajstić information content (AvgIpc) is 2.82. The predicted octanol–water partition coefficient (Wildman–Crippen LogP) is 4.70. The SMILES string of the molecule is COc1ccc(Cl)cc1NC(=O)C(=O)N/N=C(\C)c1ccccc1OC(=O)c1cccc(Cl)c1. The Hall–Kier alpha value is -3.88. The lowest BCUT2D eigenvalue weighted by molar-refractivity contribution is -0.136. The van der Waals surface area contributed by atoms with E-state index in [2.05, 4.69) is 15.8 Å². The van der Waals surface area contributed by atoms with E-state index in [1.54, 1.807) is 61.5 Å². The maximum atomic E-state index is 12.5. The monoisotopic (exact) mass is 499 g/mol. The molecule has 0 unspecified atom stereocenters. The van der Waals surface area contributed by atoms with Crippen molar-refractivity contribution in [2.45, 2.75) is 6.92 Å². The second-order valence-corrected chi connectivity index (χ2v) is 7.71. The summed E-state index contributed by atoms with van der Waals surface area (Å²) in [4.78, 5) is 37.0. The molecule has 0 spiro atoms. The molecule has 2 amide bonds. The minimum absolute atomic E-state index is 0.219. The van der Waals surface area contributed by atoms with E-state index in [1.807, 2.05) is 0 Å². The van der Waals surface area contributed by atoms with Crippen molar-refractivity contribution < 1.29 is 23.9 Å². The molecule has 0 aromatic heterocycles. The largest absolute Gasteiger partial charge is 0.495 e. The molecule has 3 rings (SSSR count). The lowest BCUT2D eigenvalue weighted by Gasteiger charge is -2.11. The number of hydrogen-bond donors (Lipinski definition) is 2. The van der Waals surface area contributed by atoms with E-state index < -0.39 is 17.8 Å². The number of halogens is 2. The Labute approximate surface area is 205 Å². The van der Waals surface area contributed by atoms with E-state index >= 15 is 0 Å². The average molecular weight is 500 g/mol. The Balaban J connectivity index is 1.71. The summed E-state index contributed by atoms with van der Waals surface area (Å²) in [7, 11) is 1.42. The Morgan fingerprint density at radius 2 is 1.59 bits per heavy atom. The third-order valence-electron chi connectivity index (χ3n) is 4.48. The highest BCUT2D eigenvalue weighted by molar-refractivity contribution is 6.40. The molecule has 0 aliphatic rings. The fourth-order valence-corrected chi connectivity index (χ4v) is 3.19. The van der Waals surface area contributed by atoms with Gasteiger partial charge in [0, 0.05) is 15.6 Å². The van der Waals surface area contributed by atoms with Gasteiger partial charge < -0.3 is 14.8 Å². The van der Waals surface area contributed by atoms with Crippen LogP contribution in [0.5, 0.6) is 11.5 Å². The summed E-state index contributed by atoms with van der Waals surface area (Å²) in [5.74, 6) is -2.05. The molecular formula is C24H19Cl2N3O5. The predicted molar refractivity (Wildman–Crippen MR) is 130 cm³/mol. The van der Waals surface area contributed by atoms with Crippen LogP contribution in [0.3, 0.4) is 0 Å². The summed E-state index contributed by atoms with van der Waals surface area (Å²) in [6.07, 6.45) is 0. The second-order valence-electron chi connectivity index (χ2n) is 6.83. The molecule has 0 saturated carbocycles. The molecule has 174 valence electrons. The molecule has 0 bridgehead atoms. The third-order valence-corrected chi connectivity index (χ3v) is 4.95. The van der Waals surface area contributed by atoms with Crippen molar-refractivity contribution >= 4 is 52.4 Å². The summed E-state index contributed by atoms with van der Waals surface area (Å²) in [6, 6.07) is 17.6. The summed E-state index contributed by atoms with van der Waals surface area (Å²) >= 11 is 11.9. The maximum absolute atomic E-state index is 12.5. The minimum atomic E-state index is -1.02. The van der Waals surface area contributed by atoms with Crippen molar-refractivity contribution in [3.63, 3.8) is 0 Å². The molecule has 0 aliphatic heterocycles. The lowest BCUT2D eigenvalue weighted by Crippen LogP contribution is -2.33. The molecule has 0 atom stereocenters. The van der Waals surface area contributed by atoms with E-state index in [9.17, 15) is 14.4 Å². The molecular weight excluding hydrogens is 481 g/mol. The van der Waals surface area contributed by atoms with Crippen LogP contribution >= 0.6 is 23.2 Å². The Morgan fingerprint density at radius 3 is 2.32 bits per heavy atom. The number of rotatable bonds is 6. The van der Waals surface area contributed by atoms with Crippen LogP contribution < -0.4 is 20.2 Å². The van der Waals surface area contributed by atoms with Crippen LogP contribution in [0.2, 0.25) is 10.0 Å². The first-order chi connectivity index (χ1) is 16.3. The van der Waals surface area contributed by atoms with Gasteiger partial charge in [0.1, 0.15) is 11.5 Å². The lowest BCUT2D eigenvalue weighted by atomic mass is 10.1. The zero-order valence-corrected chi connectivity index (χ0v) is 19.6. The van der Waals surface area contributed by atoms with Gasteiger partial charge >= 0.3 is 17.8 Å². The molecule has 2 N–H and O–H groups in total. The standard InChI is InChI=1S/C24H19Cl2N3O5/c1-14(28-29-23(31)22(30)27-19-13-17(26)10-11-21(19)33-2)18-8-3-4-9-20(18)34-24(32)15-6-5-7-16(25)12-15/h3-13H,1-2H3,(H,27,30)(H,29,31)/b28-14+. The summed E-state index contributed by atoms with van der Waals surface area (Å²) in [5.41, 5.74) is 3.43. The van der Waals surface area contributed by atoms with Gasteiger partial charge in [-0.2, -0.15) is 5.10 Å². The van der Waals surface area contributed by atoms with Crippen LogP contribution in [0.1, 0.15) is 22.8 Å². The molecule has 0 aliphatic carbocycles. The quantitative estimate of drug-likeness (QED) is 0.168. The van der Waals surface area contributed by atoms with E-state index in [4.69, 9.17) is 32.7 Å². The van der Waals surface area contributed by atoms with Crippen LogP contribution in [0.25, 0.3) is 0 Å². The molecule has 3 aromatic carbocycles. The number of nitrogens with zero attached hydrogens (tertiary/aromatic N) is 1. The van der Waals surface area contributed by atoms with E-state index in [0.717, 1.165) is 0 Å². The highest BCUT2D eigenvalue weighted by Gasteiger charge is 2.17. The fourth-order valence-electron chi connectivity index (χ4n) is 2.83. The van der Waals surface area contributed by atoms with Crippen LogP contribution in [0, 0.1) is 0 Å². The van der Waals surface area contributed by atoms with Gasteiger partial charge in [0.25, 0.3) is 0 Å². The van der Waals surface area contributed by atoms with Crippen molar-refractivity contribution in [2.75, 3.05) is 12.4 Å². The highest BCUT2D eigenvalue weighted by atomic mass is 35.5. The molecule has 34 heavy (non-hydrogen) atoms. The Kier molecular flexibility index (Phi) is 8.24. The van der Waals surface area contributed by atoms with Gasteiger partial charge in [0.15, 0.2) is 0 Å². The van der Waals surface area contributed by atoms with Gasteiger partial charge in [-0.1, -0.05) is 41.4 Å². The number of hydrogen-bond acceptors (Lipinski definition) is 6. The van der Waals surface area contributed by atoms with E-state index in [-0.39, 0.29) is 17.0 Å². The molecule has 0 saturated heterocycles. The van der Waals surface area contributed by atoms with Crippen molar-refractivity contribution in [3.05, 3.63) is 87.9 Å². The van der Waals surface area contributed by atoms with Crippen LogP contribution in [-0.4, -0.2) is 30.6 Å². The Morgan fingerprint density at radius 1 is 0.853 bits per heavy atom. The summed E-state index contributed by atoms with van der Waals surface area (Å²) in [6.45, 7) is 1.59. The smallest absolute Gasteiger partial charge is 0.343 e. The maximum Gasteiger partial charge on any atom is 0.343 e. The van der Waals surface area contributed by atoms with Gasteiger partial charge in [-0.15, -0.1) is 0 Å². The Bertz CT molecular complexity index is 1280. The van der Waals surface area contributed by atoms with Crippen molar-refractivity contribution in [1.82, 2.24) is 5.43 Å². The number of amides is 2. The molecule has 0 heterocycles. The van der Waals surface area contributed by atoms with Crippen LogP contribution in [0.4, 0.5) is 5.69 Å². The van der Waals surface area contributed by atoms with Gasteiger partial charge in [-0.3, -0.25) is 9.59 Å². The number of benzene rings is 3. The molecule has 8 nitrogen and oxygen atoms in total. The number of methoxy groups -OCH3 is 1. The number of nitrogens with one attached hydrogen (secondary N) is 2. The first-order valence-corrected chi connectivity index (χ1v) is 10.6. The number of ether oxygens (including phenoxy) is 2. The topological polar surface area (TPSA) is 106 Å². The number of anilines is 1. The minimum Gasteiger partial charge on any atom is -0.495 e. The number of esters is 1. The molecule has 3 aromatic rings. The molecule has 0 radical (unpaired) electrons. The van der Waals surface area contributed by atoms with Crippen LogP contribution in [-0.2, 0) is 9.59 Å². The van der Waals surface area contributed by atoms with Crippen molar-refractivity contribution in [1.29, 1.82) is 0 Å². The van der Waals surface area contributed by atoms with Gasteiger partial charge in [-0.25, -0.2) is 10.2 Å². The number of hydrazone groups is 1. The zero-order chi connectivity index (χ0) is 24.7. The normalized spacial score (nSPS) is 10.9. The van der Waals surface area contributed by atoms with Gasteiger partial charge in [0.05, 0.1) is 24.1 Å². The number of carbonyl (C=O) groups is 3. The number of para-hydroxylation sites is 1. The fraction of sp³-hybridized carbons (Fsp3) is 0.0833. The zero-order valence-electron chi connectivity index (χ0n) is 18.1. The molecule has 0 fully saturated rings. The highest BCUT2D eigenvalue weighted by Crippen LogP contribution is 2.27. The number of carbonyl (C=O) groups excluding carboxylic acids is 3. The van der Waals surface area contributed by atoms with Gasteiger partial charge in [-0.05, 0) is 55.5 Å². The summed E-state index contributed by atoms with van der Waals surface area (Å²) in [5, 5.41) is 7.13.